The van der Waals surface area contributed by atoms with Crippen molar-refractivity contribution >= 4 is 29.7 Å². The molecular formula is C16H25ClN2OS. The predicted molar refractivity (Wildman–Crippen MR) is 89.9 cm³/mol. The zero-order valence-electron chi connectivity index (χ0n) is 12.3. The van der Waals surface area contributed by atoms with Crippen LogP contribution in [0.3, 0.4) is 0 Å². The first kappa shape index (κ1) is 16.8. The highest BCUT2D eigenvalue weighted by Crippen LogP contribution is 2.39. The Bertz CT molecular complexity index is 437. The van der Waals surface area contributed by atoms with Crippen LogP contribution in [0.4, 0.5) is 0 Å². The number of thiophene rings is 1. The number of fused-ring (bicyclic) bond motifs is 2. The highest BCUT2D eigenvalue weighted by atomic mass is 35.5. The van der Waals surface area contributed by atoms with E-state index in [-0.39, 0.29) is 18.3 Å². The molecule has 5 heteroatoms. The molecular weight excluding hydrogens is 304 g/mol. The molecule has 1 aromatic heterocycles. The van der Waals surface area contributed by atoms with Gasteiger partial charge in [0.2, 0.25) is 5.91 Å². The van der Waals surface area contributed by atoms with Crippen LogP contribution in [0.15, 0.2) is 17.5 Å². The molecule has 1 heterocycles. The minimum Gasteiger partial charge on any atom is -0.353 e. The lowest BCUT2D eigenvalue weighted by atomic mass is 9.67. The summed E-state index contributed by atoms with van der Waals surface area (Å²) in [6, 6.07) is 4.89. The Morgan fingerprint density at radius 2 is 2.05 bits per heavy atom. The van der Waals surface area contributed by atoms with Crippen molar-refractivity contribution in [2.24, 2.45) is 17.6 Å². The molecule has 0 radical (unpaired) electrons. The van der Waals surface area contributed by atoms with Gasteiger partial charge in [0, 0.05) is 23.4 Å². The summed E-state index contributed by atoms with van der Waals surface area (Å²) in [4.78, 5) is 13.5. The van der Waals surface area contributed by atoms with Crippen molar-refractivity contribution in [1.29, 1.82) is 0 Å². The maximum Gasteiger partial charge on any atom is 0.220 e. The smallest absolute Gasteiger partial charge is 0.220 e. The molecule has 2 bridgehead atoms. The molecule has 2 aliphatic carbocycles. The summed E-state index contributed by atoms with van der Waals surface area (Å²) in [7, 11) is 0. The number of rotatable bonds is 4. The molecule has 2 unspecified atom stereocenters. The van der Waals surface area contributed by atoms with Gasteiger partial charge >= 0.3 is 0 Å². The summed E-state index contributed by atoms with van der Waals surface area (Å²) in [5.74, 6) is 1.45. The third kappa shape index (κ3) is 4.21. The lowest BCUT2D eigenvalue weighted by Gasteiger charge is -2.45. The number of amides is 1. The lowest BCUT2D eigenvalue weighted by Crippen LogP contribution is -2.53. The van der Waals surface area contributed by atoms with Crippen molar-refractivity contribution in [3.05, 3.63) is 22.4 Å². The highest BCUT2D eigenvalue weighted by Gasteiger charge is 2.39. The Morgan fingerprint density at radius 1 is 1.33 bits per heavy atom. The monoisotopic (exact) mass is 328 g/mol. The molecule has 21 heavy (non-hydrogen) atoms. The van der Waals surface area contributed by atoms with E-state index in [1.165, 1.54) is 24.1 Å². The summed E-state index contributed by atoms with van der Waals surface area (Å²) < 4.78 is 0. The second-order valence-corrected chi connectivity index (χ2v) is 7.39. The summed E-state index contributed by atoms with van der Waals surface area (Å²) >= 11 is 1.73. The molecule has 1 amide bonds. The largest absolute Gasteiger partial charge is 0.353 e. The van der Waals surface area contributed by atoms with E-state index in [1.807, 2.05) is 6.07 Å². The maximum absolute atomic E-state index is 12.2. The molecule has 0 aliphatic heterocycles. The molecule has 3 nitrogen and oxygen atoms in total. The summed E-state index contributed by atoms with van der Waals surface area (Å²) in [5.41, 5.74) is 6.13. The molecule has 2 aliphatic rings. The van der Waals surface area contributed by atoms with Crippen LogP contribution >= 0.6 is 23.7 Å². The zero-order valence-corrected chi connectivity index (χ0v) is 13.9. The van der Waals surface area contributed by atoms with Crippen LogP contribution in [-0.4, -0.2) is 18.0 Å². The Labute approximate surface area is 137 Å². The number of carbonyl (C=O) groups is 1. The van der Waals surface area contributed by atoms with Gasteiger partial charge in [0.15, 0.2) is 0 Å². The molecule has 3 N–H and O–H groups in total. The van der Waals surface area contributed by atoms with E-state index in [2.05, 4.69) is 16.8 Å². The molecule has 118 valence electrons. The van der Waals surface area contributed by atoms with Crippen molar-refractivity contribution in [2.75, 3.05) is 0 Å². The zero-order chi connectivity index (χ0) is 13.9. The van der Waals surface area contributed by atoms with Crippen molar-refractivity contribution < 1.29 is 4.79 Å². The standard InChI is InChI=1S/C16H24N2OS.ClH/c17-13-9-11-3-1-4-12(10-13)16(11)18-15(19)7-6-14-5-2-8-20-14;/h2,5,8,11-13,16H,1,3-4,6-7,9-10,17H2,(H,18,19);1H. The first-order valence-corrected chi connectivity index (χ1v) is 8.67. The van der Waals surface area contributed by atoms with Crippen molar-refractivity contribution in [3.8, 4) is 0 Å². The molecule has 2 atom stereocenters. The number of hydrogen-bond acceptors (Lipinski definition) is 3. The van der Waals surface area contributed by atoms with Crippen LogP contribution < -0.4 is 11.1 Å². The SMILES string of the molecule is Cl.NC1CC2CCCC(C1)C2NC(=O)CCc1cccs1. The molecule has 3 rings (SSSR count). The molecule has 2 saturated carbocycles. The third-order valence-corrected chi connectivity index (χ3v) is 5.82. The summed E-state index contributed by atoms with van der Waals surface area (Å²) in [6.45, 7) is 0. The average Bonchev–Trinajstić information content (AvgIpc) is 2.91. The van der Waals surface area contributed by atoms with Gasteiger partial charge in [-0.05, 0) is 55.4 Å². The molecule has 1 aromatic rings. The minimum absolute atomic E-state index is 0. The fourth-order valence-corrected chi connectivity index (χ4v) is 4.68. The van der Waals surface area contributed by atoms with Crippen LogP contribution in [-0.2, 0) is 11.2 Å². The van der Waals surface area contributed by atoms with Gasteiger partial charge in [0.05, 0.1) is 0 Å². The molecule has 0 saturated heterocycles. The van der Waals surface area contributed by atoms with E-state index in [0.717, 1.165) is 19.3 Å². The maximum atomic E-state index is 12.2. The van der Waals surface area contributed by atoms with E-state index in [0.29, 0.717) is 30.3 Å². The second-order valence-electron chi connectivity index (χ2n) is 6.36. The van der Waals surface area contributed by atoms with E-state index >= 15 is 0 Å². The highest BCUT2D eigenvalue weighted by molar-refractivity contribution is 7.09. The van der Waals surface area contributed by atoms with Gasteiger partial charge in [-0.25, -0.2) is 0 Å². The Balaban J connectivity index is 0.00000161. The quantitative estimate of drug-likeness (QED) is 0.892. The summed E-state index contributed by atoms with van der Waals surface area (Å²) in [5, 5.41) is 5.38. The second kappa shape index (κ2) is 7.61. The fourth-order valence-electron chi connectivity index (χ4n) is 3.97. The summed E-state index contributed by atoms with van der Waals surface area (Å²) in [6.07, 6.45) is 7.44. The van der Waals surface area contributed by atoms with Gasteiger partial charge in [-0.3, -0.25) is 4.79 Å². The van der Waals surface area contributed by atoms with E-state index < -0.39 is 0 Å². The van der Waals surface area contributed by atoms with E-state index in [1.54, 1.807) is 11.3 Å². The van der Waals surface area contributed by atoms with E-state index in [4.69, 9.17) is 5.73 Å². The van der Waals surface area contributed by atoms with Crippen LogP contribution in [0.2, 0.25) is 0 Å². The number of nitrogens with one attached hydrogen (secondary N) is 1. The van der Waals surface area contributed by atoms with Gasteiger partial charge in [-0.1, -0.05) is 12.5 Å². The Morgan fingerprint density at radius 3 is 2.67 bits per heavy atom. The number of halogens is 1. The lowest BCUT2D eigenvalue weighted by molar-refractivity contribution is -0.123. The number of nitrogens with two attached hydrogens (primary N) is 1. The minimum atomic E-state index is 0. The third-order valence-electron chi connectivity index (χ3n) is 4.88. The first-order chi connectivity index (χ1) is 9.72. The Kier molecular flexibility index (Phi) is 6.08. The van der Waals surface area contributed by atoms with Gasteiger partial charge in [-0.2, -0.15) is 0 Å². The number of hydrogen-bond donors (Lipinski definition) is 2. The number of carbonyl (C=O) groups excluding carboxylic acids is 1. The van der Waals surface area contributed by atoms with Crippen LogP contribution in [0.1, 0.15) is 43.4 Å². The Hall–Kier alpha value is -0.580. The normalized spacial score (nSPS) is 31.3. The first-order valence-electron chi connectivity index (χ1n) is 7.79. The van der Waals surface area contributed by atoms with Gasteiger partial charge in [0.1, 0.15) is 0 Å². The van der Waals surface area contributed by atoms with Gasteiger partial charge in [0.25, 0.3) is 0 Å². The van der Waals surface area contributed by atoms with Crippen molar-refractivity contribution in [3.63, 3.8) is 0 Å². The van der Waals surface area contributed by atoms with Crippen molar-refractivity contribution in [2.45, 2.75) is 57.0 Å². The van der Waals surface area contributed by atoms with Gasteiger partial charge in [-0.15, -0.1) is 23.7 Å². The average molecular weight is 329 g/mol. The molecule has 0 spiro atoms. The van der Waals surface area contributed by atoms with Gasteiger partial charge < -0.3 is 11.1 Å². The number of aryl methyl sites for hydroxylation is 1. The molecule has 0 aromatic carbocycles. The van der Waals surface area contributed by atoms with Crippen molar-refractivity contribution in [1.82, 2.24) is 5.32 Å². The van der Waals surface area contributed by atoms with Crippen LogP contribution in [0.25, 0.3) is 0 Å². The molecule has 2 fully saturated rings. The van der Waals surface area contributed by atoms with Crippen LogP contribution in [0.5, 0.6) is 0 Å². The topological polar surface area (TPSA) is 55.1 Å². The van der Waals surface area contributed by atoms with E-state index in [9.17, 15) is 4.79 Å². The van der Waals surface area contributed by atoms with Crippen LogP contribution in [0, 0.1) is 11.8 Å². The fraction of sp³-hybridized carbons (Fsp3) is 0.688. The predicted octanol–water partition coefficient (Wildman–Crippen LogP) is 3.12.